The number of likely N-dealkylation sites (N-methyl/N-ethyl adjacent to an activating group) is 1. The van der Waals surface area contributed by atoms with Crippen LogP contribution in [0.2, 0.25) is 0 Å². The fraction of sp³-hybridized carbons (Fsp3) is 0.600. The van der Waals surface area contributed by atoms with E-state index in [4.69, 9.17) is 5.73 Å². The molecule has 106 valence electrons. The van der Waals surface area contributed by atoms with E-state index >= 15 is 0 Å². The van der Waals surface area contributed by atoms with Crippen molar-refractivity contribution in [1.82, 2.24) is 9.80 Å². The van der Waals surface area contributed by atoms with Crippen molar-refractivity contribution in [3.8, 4) is 0 Å². The summed E-state index contributed by atoms with van der Waals surface area (Å²) in [5.74, 6) is 0. The molecule has 0 bridgehead atoms. The average Bonchev–Trinajstić information content (AvgIpc) is 2.72. The number of β-amino-alcohol motifs (C(OH)–C–C–N with tert-alkyl or cyclic N) is 1. The van der Waals surface area contributed by atoms with Crippen molar-refractivity contribution in [2.24, 2.45) is 5.73 Å². The predicted octanol–water partition coefficient (Wildman–Crippen LogP) is 0.683. The van der Waals surface area contributed by atoms with Crippen molar-refractivity contribution in [2.75, 3.05) is 33.7 Å². The third-order valence-electron chi connectivity index (χ3n) is 3.82. The van der Waals surface area contributed by atoms with Crippen LogP contribution in [-0.4, -0.2) is 60.8 Å². The number of aliphatic hydroxyl groups is 1. The zero-order valence-corrected chi connectivity index (χ0v) is 11.9. The van der Waals surface area contributed by atoms with E-state index in [-0.39, 0.29) is 12.1 Å². The molecular weight excluding hydrogens is 238 g/mol. The first-order valence-electron chi connectivity index (χ1n) is 6.95. The first kappa shape index (κ1) is 14.5. The van der Waals surface area contributed by atoms with Crippen LogP contribution in [0.4, 0.5) is 0 Å². The molecule has 0 saturated carbocycles. The number of benzene rings is 1. The van der Waals surface area contributed by atoms with E-state index in [1.807, 2.05) is 18.2 Å². The highest BCUT2D eigenvalue weighted by molar-refractivity contribution is 5.20. The summed E-state index contributed by atoms with van der Waals surface area (Å²) in [5, 5.41) is 9.97. The molecule has 1 fully saturated rings. The lowest BCUT2D eigenvalue weighted by Crippen LogP contribution is -2.42. The Hall–Kier alpha value is -0.940. The fourth-order valence-electron chi connectivity index (χ4n) is 3.04. The summed E-state index contributed by atoms with van der Waals surface area (Å²) < 4.78 is 0. The van der Waals surface area contributed by atoms with Crippen molar-refractivity contribution in [2.45, 2.75) is 24.6 Å². The van der Waals surface area contributed by atoms with Crippen molar-refractivity contribution in [1.29, 1.82) is 0 Å². The van der Waals surface area contributed by atoms with Gasteiger partial charge in [-0.2, -0.15) is 0 Å². The number of nitrogens with zero attached hydrogens (tertiary/aromatic N) is 2. The van der Waals surface area contributed by atoms with Crippen molar-refractivity contribution >= 4 is 0 Å². The molecule has 3 atom stereocenters. The van der Waals surface area contributed by atoms with E-state index in [2.05, 4.69) is 36.0 Å². The molecule has 1 aromatic rings. The minimum Gasteiger partial charge on any atom is -0.392 e. The highest BCUT2D eigenvalue weighted by Gasteiger charge is 2.35. The number of rotatable bonds is 5. The first-order valence-corrected chi connectivity index (χ1v) is 6.95. The zero-order valence-electron chi connectivity index (χ0n) is 11.9. The molecule has 4 heteroatoms. The molecule has 1 saturated heterocycles. The monoisotopic (exact) mass is 263 g/mol. The van der Waals surface area contributed by atoms with Gasteiger partial charge in [0.05, 0.1) is 6.10 Å². The van der Waals surface area contributed by atoms with Gasteiger partial charge in [0.15, 0.2) is 0 Å². The van der Waals surface area contributed by atoms with Gasteiger partial charge in [0.25, 0.3) is 0 Å². The molecule has 2 rings (SSSR count). The van der Waals surface area contributed by atoms with E-state index in [9.17, 15) is 5.11 Å². The van der Waals surface area contributed by atoms with Gasteiger partial charge in [0.2, 0.25) is 0 Å². The molecule has 4 nitrogen and oxygen atoms in total. The number of aliphatic hydroxyl groups excluding tert-OH is 1. The van der Waals surface area contributed by atoms with Gasteiger partial charge in [-0.15, -0.1) is 0 Å². The molecule has 1 aliphatic heterocycles. The molecule has 3 unspecified atom stereocenters. The van der Waals surface area contributed by atoms with E-state index in [0.717, 1.165) is 19.5 Å². The highest BCUT2D eigenvalue weighted by atomic mass is 16.3. The minimum absolute atomic E-state index is 0.197. The second kappa shape index (κ2) is 6.48. The molecular formula is C15H25N3O. The summed E-state index contributed by atoms with van der Waals surface area (Å²) in [4.78, 5) is 4.54. The van der Waals surface area contributed by atoms with Crippen molar-refractivity contribution in [3.63, 3.8) is 0 Å². The summed E-state index contributed by atoms with van der Waals surface area (Å²) in [6.07, 6.45) is 0.601. The predicted molar refractivity (Wildman–Crippen MR) is 77.9 cm³/mol. The summed E-state index contributed by atoms with van der Waals surface area (Å²) in [6, 6.07) is 10.9. The maximum Gasteiger partial charge on any atom is 0.0682 e. The van der Waals surface area contributed by atoms with Crippen LogP contribution < -0.4 is 5.73 Å². The number of likely N-dealkylation sites (tertiary alicyclic amines) is 1. The topological polar surface area (TPSA) is 52.7 Å². The van der Waals surface area contributed by atoms with Crippen LogP contribution in [0.5, 0.6) is 0 Å². The lowest BCUT2D eigenvalue weighted by Gasteiger charge is -2.33. The van der Waals surface area contributed by atoms with Crippen LogP contribution in [0, 0.1) is 0 Å². The lowest BCUT2D eigenvalue weighted by molar-refractivity contribution is 0.139. The molecule has 0 aliphatic carbocycles. The zero-order chi connectivity index (χ0) is 13.8. The summed E-state index contributed by atoms with van der Waals surface area (Å²) in [6.45, 7) is 2.26. The molecule has 0 radical (unpaired) electrons. The van der Waals surface area contributed by atoms with Gasteiger partial charge < -0.3 is 15.7 Å². The Bertz CT molecular complexity index is 382. The van der Waals surface area contributed by atoms with E-state index in [0.29, 0.717) is 12.6 Å². The molecule has 1 aromatic carbocycles. The van der Waals surface area contributed by atoms with Crippen LogP contribution in [0.3, 0.4) is 0 Å². The summed E-state index contributed by atoms with van der Waals surface area (Å²) in [5.41, 5.74) is 7.22. The second-order valence-corrected chi connectivity index (χ2v) is 5.66. The van der Waals surface area contributed by atoms with Crippen LogP contribution in [0.15, 0.2) is 30.3 Å². The average molecular weight is 263 g/mol. The lowest BCUT2D eigenvalue weighted by atomic mass is 10.0. The van der Waals surface area contributed by atoms with E-state index in [1.165, 1.54) is 5.56 Å². The van der Waals surface area contributed by atoms with Gasteiger partial charge in [-0.1, -0.05) is 30.3 Å². The molecule has 0 amide bonds. The first-order chi connectivity index (χ1) is 9.11. The number of hydrogen-bond donors (Lipinski definition) is 2. The Balaban J connectivity index is 2.16. The largest absolute Gasteiger partial charge is 0.392 e. The number of nitrogens with two attached hydrogens (primary N) is 1. The normalized spacial score (nSPS) is 25.9. The van der Waals surface area contributed by atoms with Crippen molar-refractivity contribution < 1.29 is 5.11 Å². The molecule has 1 heterocycles. The van der Waals surface area contributed by atoms with Crippen LogP contribution in [0.1, 0.15) is 18.0 Å². The fourth-order valence-corrected chi connectivity index (χ4v) is 3.04. The highest BCUT2D eigenvalue weighted by Crippen LogP contribution is 2.29. The Morgan fingerprint density at radius 2 is 2.05 bits per heavy atom. The molecule has 19 heavy (non-hydrogen) atoms. The SMILES string of the molecule is CN(C)CC1CC(O)CN1C(CN)c1ccccc1. The Morgan fingerprint density at radius 1 is 1.37 bits per heavy atom. The smallest absolute Gasteiger partial charge is 0.0682 e. The van der Waals surface area contributed by atoms with Gasteiger partial charge in [0, 0.05) is 31.7 Å². The third kappa shape index (κ3) is 3.54. The van der Waals surface area contributed by atoms with Gasteiger partial charge in [-0.05, 0) is 26.1 Å². The van der Waals surface area contributed by atoms with Crippen LogP contribution >= 0.6 is 0 Å². The second-order valence-electron chi connectivity index (χ2n) is 5.66. The van der Waals surface area contributed by atoms with Gasteiger partial charge in [0.1, 0.15) is 0 Å². The Morgan fingerprint density at radius 3 is 2.63 bits per heavy atom. The van der Waals surface area contributed by atoms with Gasteiger partial charge in [-0.25, -0.2) is 0 Å². The molecule has 0 aromatic heterocycles. The summed E-state index contributed by atoms with van der Waals surface area (Å²) in [7, 11) is 4.14. The molecule has 1 aliphatic rings. The van der Waals surface area contributed by atoms with E-state index in [1.54, 1.807) is 0 Å². The van der Waals surface area contributed by atoms with E-state index < -0.39 is 0 Å². The number of hydrogen-bond acceptors (Lipinski definition) is 4. The van der Waals surface area contributed by atoms with Crippen molar-refractivity contribution in [3.05, 3.63) is 35.9 Å². The Kier molecular flexibility index (Phi) is 4.93. The quantitative estimate of drug-likeness (QED) is 0.820. The van der Waals surface area contributed by atoms with Crippen LogP contribution in [-0.2, 0) is 0 Å². The van der Waals surface area contributed by atoms with Gasteiger partial charge >= 0.3 is 0 Å². The Labute approximate surface area is 115 Å². The van der Waals surface area contributed by atoms with Gasteiger partial charge in [-0.3, -0.25) is 4.90 Å². The molecule has 0 spiro atoms. The maximum atomic E-state index is 9.97. The standard InChI is InChI=1S/C15H25N3O/c1-17(2)10-13-8-14(19)11-18(13)15(9-16)12-6-4-3-5-7-12/h3-7,13-15,19H,8-11,16H2,1-2H3. The third-order valence-corrected chi connectivity index (χ3v) is 3.82. The molecule has 3 N–H and O–H groups in total. The summed E-state index contributed by atoms with van der Waals surface area (Å²) >= 11 is 0. The minimum atomic E-state index is -0.234. The maximum absolute atomic E-state index is 9.97. The van der Waals surface area contributed by atoms with Crippen LogP contribution in [0.25, 0.3) is 0 Å².